The number of carbonyl (C=O) groups is 1. The number of fused-ring (bicyclic) bond motifs is 1. The molecule has 4 rings (SSSR count). The fraction of sp³-hybridized carbons (Fsp3) is 0.421. The van der Waals surface area contributed by atoms with E-state index >= 15 is 0 Å². The first-order chi connectivity index (χ1) is 11.8. The first-order valence-corrected chi connectivity index (χ1v) is 8.53. The highest BCUT2D eigenvalue weighted by Crippen LogP contribution is 2.37. The van der Waals surface area contributed by atoms with Crippen molar-refractivity contribution in [3.63, 3.8) is 0 Å². The lowest BCUT2D eigenvalue weighted by atomic mass is 9.93. The molecule has 126 valence electrons. The van der Waals surface area contributed by atoms with Gasteiger partial charge in [0.05, 0.1) is 18.4 Å². The van der Waals surface area contributed by atoms with Crippen LogP contribution in [0.5, 0.6) is 11.5 Å². The van der Waals surface area contributed by atoms with Crippen LogP contribution in [0.2, 0.25) is 0 Å². The highest BCUT2D eigenvalue weighted by atomic mass is 16.7. The van der Waals surface area contributed by atoms with Crippen molar-refractivity contribution in [3.8, 4) is 11.5 Å². The zero-order valence-corrected chi connectivity index (χ0v) is 13.6. The number of carbonyl (C=O) groups excluding carboxylic acids is 1. The molecule has 1 aliphatic heterocycles. The first kappa shape index (κ1) is 15.1. The van der Waals surface area contributed by atoms with Crippen molar-refractivity contribution in [3.05, 3.63) is 47.9 Å². The van der Waals surface area contributed by atoms with E-state index in [-0.39, 0.29) is 18.7 Å². The summed E-state index contributed by atoms with van der Waals surface area (Å²) in [5.41, 5.74) is 1.60. The van der Waals surface area contributed by atoms with E-state index in [1.54, 1.807) is 12.3 Å². The van der Waals surface area contributed by atoms with Crippen molar-refractivity contribution in [2.45, 2.75) is 44.7 Å². The largest absolute Gasteiger partial charge is 0.472 e. The molecule has 1 fully saturated rings. The molecule has 1 aromatic carbocycles. The monoisotopic (exact) mass is 327 g/mol. The molecule has 2 heterocycles. The van der Waals surface area contributed by atoms with E-state index in [0.29, 0.717) is 12.1 Å². The van der Waals surface area contributed by atoms with Crippen LogP contribution in [-0.2, 0) is 6.54 Å². The van der Waals surface area contributed by atoms with Crippen LogP contribution in [0.15, 0.2) is 41.2 Å². The fourth-order valence-corrected chi connectivity index (χ4v) is 3.61. The van der Waals surface area contributed by atoms with Crippen LogP contribution < -0.4 is 9.47 Å². The van der Waals surface area contributed by atoms with Gasteiger partial charge in [-0.05, 0) is 25.0 Å². The van der Waals surface area contributed by atoms with Crippen molar-refractivity contribution < 1.29 is 18.7 Å². The third-order valence-corrected chi connectivity index (χ3v) is 4.86. The molecule has 5 heteroatoms. The molecule has 5 nitrogen and oxygen atoms in total. The average Bonchev–Trinajstić information content (AvgIpc) is 3.31. The Morgan fingerprint density at radius 1 is 1.12 bits per heavy atom. The molecule has 0 radical (unpaired) electrons. The molecule has 24 heavy (non-hydrogen) atoms. The predicted molar refractivity (Wildman–Crippen MR) is 88.0 cm³/mol. The van der Waals surface area contributed by atoms with Gasteiger partial charge in [0, 0.05) is 11.6 Å². The lowest BCUT2D eigenvalue weighted by Gasteiger charge is -2.34. The summed E-state index contributed by atoms with van der Waals surface area (Å²) in [4.78, 5) is 15.0. The smallest absolute Gasteiger partial charge is 0.257 e. The quantitative estimate of drug-likeness (QED) is 0.852. The lowest BCUT2D eigenvalue weighted by molar-refractivity contribution is 0.0611. The molecule has 0 N–H and O–H groups in total. The number of hydrogen-bond acceptors (Lipinski definition) is 4. The minimum atomic E-state index is 0.0205. The number of rotatable bonds is 4. The second-order valence-electron chi connectivity index (χ2n) is 6.39. The van der Waals surface area contributed by atoms with Crippen molar-refractivity contribution in [1.82, 2.24) is 4.90 Å². The van der Waals surface area contributed by atoms with Gasteiger partial charge in [-0.3, -0.25) is 4.79 Å². The number of hydrogen-bond donors (Lipinski definition) is 0. The minimum absolute atomic E-state index is 0.0205. The average molecular weight is 327 g/mol. The summed E-state index contributed by atoms with van der Waals surface area (Å²) in [6.45, 7) is 0.771. The summed E-state index contributed by atoms with van der Waals surface area (Å²) < 4.78 is 16.2. The van der Waals surface area contributed by atoms with Crippen molar-refractivity contribution in [2.75, 3.05) is 6.79 Å². The van der Waals surface area contributed by atoms with Crippen molar-refractivity contribution in [2.24, 2.45) is 0 Å². The molecule has 1 aliphatic carbocycles. The van der Waals surface area contributed by atoms with E-state index in [2.05, 4.69) is 0 Å². The highest BCUT2D eigenvalue weighted by Gasteiger charge is 2.29. The molecule has 1 amide bonds. The second kappa shape index (κ2) is 6.59. The van der Waals surface area contributed by atoms with Gasteiger partial charge >= 0.3 is 0 Å². The van der Waals surface area contributed by atoms with Crippen LogP contribution in [0.4, 0.5) is 0 Å². The Balaban J connectivity index is 1.63. The predicted octanol–water partition coefficient (Wildman–Crippen LogP) is 3.98. The number of para-hydroxylation sites is 1. The summed E-state index contributed by atoms with van der Waals surface area (Å²) >= 11 is 0. The third kappa shape index (κ3) is 2.86. The van der Waals surface area contributed by atoms with Crippen LogP contribution in [0, 0.1) is 0 Å². The molecule has 1 aromatic heterocycles. The van der Waals surface area contributed by atoms with Crippen molar-refractivity contribution in [1.29, 1.82) is 0 Å². The third-order valence-electron chi connectivity index (χ3n) is 4.86. The van der Waals surface area contributed by atoms with Gasteiger partial charge in [0.1, 0.15) is 6.26 Å². The first-order valence-electron chi connectivity index (χ1n) is 8.53. The zero-order chi connectivity index (χ0) is 16.4. The van der Waals surface area contributed by atoms with Crippen LogP contribution >= 0.6 is 0 Å². The van der Waals surface area contributed by atoms with Crippen LogP contribution in [0.1, 0.15) is 48.0 Å². The normalized spacial score (nSPS) is 17.0. The minimum Gasteiger partial charge on any atom is -0.472 e. The molecular weight excluding hydrogens is 306 g/mol. The summed E-state index contributed by atoms with van der Waals surface area (Å²) in [5.74, 6) is 1.54. The van der Waals surface area contributed by atoms with E-state index in [1.165, 1.54) is 25.5 Å². The molecule has 0 unspecified atom stereocenters. The van der Waals surface area contributed by atoms with Crippen molar-refractivity contribution >= 4 is 5.91 Å². The molecular formula is C19H21NO4. The Hall–Kier alpha value is -2.43. The zero-order valence-electron chi connectivity index (χ0n) is 13.6. The van der Waals surface area contributed by atoms with Crippen LogP contribution in [0.25, 0.3) is 0 Å². The number of benzene rings is 1. The molecule has 2 aromatic rings. The second-order valence-corrected chi connectivity index (χ2v) is 6.39. The number of ether oxygens (including phenoxy) is 2. The maximum Gasteiger partial charge on any atom is 0.257 e. The van der Waals surface area contributed by atoms with Gasteiger partial charge in [-0.25, -0.2) is 0 Å². The summed E-state index contributed by atoms with van der Waals surface area (Å²) in [5, 5.41) is 0. The number of amides is 1. The van der Waals surface area contributed by atoms with Crippen LogP contribution in [0.3, 0.4) is 0 Å². The van der Waals surface area contributed by atoms with E-state index < -0.39 is 0 Å². The fourth-order valence-electron chi connectivity index (χ4n) is 3.61. The van der Waals surface area contributed by atoms with Crippen LogP contribution in [-0.4, -0.2) is 23.6 Å². The molecule has 0 atom stereocenters. The summed E-state index contributed by atoms with van der Waals surface area (Å²) in [7, 11) is 0. The van der Waals surface area contributed by atoms with E-state index in [1.807, 2.05) is 23.1 Å². The Morgan fingerprint density at radius 2 is 2.00 bits per heavy atom. The molecule has 2 aliphatic rings. The Labute approximate surface area is 141 Å². The molecule has 0 bridgehead atoms. The molecule has 1 saturated carbocycles. The molecule has 0 spiro atoms. The van der Waals surface area contributed by atoms with Gasteiger partial charge in [0.25, 0.3) is 5.91 Å². The van der Waals surface area contributed by atoms with Gasteiger partial charge in [-0.2, -0.15) is 0 Å². The van der Waals surface area contributed by atoms with Gasteiger partial charge in [0.15, 0.2) is 11.5 Å². The van der Waals surface area contributed by atoms with Gasteiger partial charge in [-0.15, -0.1) is 0 Å². The van der Waals surface area contributed by atoms with E-state index in [4.69, 9.17) is 13.9 Å². The molecule has 0 saturated heterocycles. The van der Waals surface area contributed by atoms with Gasteiger partial charge < -0.3 is 18.8 Å². The van der Waals surface area contributed by atoms with E-state index in [0.717, 1.165) is 29.9 Å². The highest BCUT2D eigenvalue weighted by molar-refractivity contribution is 5.94. The Bertz CT molecular complexity index is 704. The lowest BCUT2D eigenvalue weighted by Crippen LogP contribution is -2.40. The van der Waals surface area contributed by atoms with Gasteiger partial charge in [0.2, 0.25) is 6.79 Å². The standard InChI is InChI=1S/C19H21NO4/c21-19(15-9-10-22-12-15)20(16-6-2-1-3-7-16)11-14-5-4-8-17-18(14)24-13-23-17/h4-5,8-10,12,16H,1-3,6-7,11,13H2. The topological polar surface area (TPSA) is 51.9 Å². The number of furan rings is 1. The maximum absolute atomic E-state index is 13.0. The number of nitrogens with zero attached hydrogens (tertiary/aromatic N) is 1. The maximum atomic E-state index is 13.0. The van der Waals surface area contributed by atoms with Gasteiger partial charge in [-0.1, -0.05) is 31.4 Å². The Kier molecular flexibility index (Phi) is 4.15. The summed E-state index contributed by atoms with van der Waals surface area (Å²) in [6, 6.07) is 7.84. The van der Waals surface area contributed by atoms with E-state index in [9.17, 15) is 4.79 Å². The summed E-state index contributed by atoms with van der Waals surface area (Å²) in [6.07, 6.45) is 8.77. The Morgan fingerprint density at radius 3 is 2.79 bits per heavy atom. The SMILES string of the molecule is O=C(c1ccoc1)N(Cc1cccc2c1OCO2)C1CCCCC1.